The van der Waals surface area contributed by atoms with E-state index >= 15 is 0 Å². The molecule has 3 nitrogen and oxygen atoms in total. The lowest BCUT2D eigenvalue weighted by Crippen LogP contribution is -2.04. The van der Waals surface area contributed by atoms with Gasteiger partial charge in [-0.1, -0.05) is 84.3 Å². The fraction of sp³-hybridized carbons (Fsp3) is 0. The summed E-state index contributed by atoms with van der Waals surface area (Å²) in [5.41, 5.74) is 6.47. The first kappa shape index (κ1) is 17.0. The maximum Gasteiger partial charge on any atom is 0.235 e. The van der Waals surface area contributed by atoms with Gasteiger partial charge in [0.15, 0.2) is 0 Å². The van der Waals surface area contributed by atoms with Crippen LogP contribution in [0.25, 0.3) is 49.9 Å². The molecule has 0 saturated heterocycles. The Balaban J connectivity index is 1.75. The highest BCUT2D eigenvalue weighted by Crippen LogP contribution is 2.32. The van der Waals surface area contributed by atoms with Crippen molar-refractivity contribution in [3.63, 3.8) is 0 Å². The van der Waals surface area contributed by atoms with Gasteiger partial charge in [-0.15, -0.1) is 0 Å². The Labute approximate surface area is 175 Å². The molecule has 0 fully saturated rings. The summed E-state index contributed by atoms with van der Waals surface area (Å²) in [7, 11) is 2.13. The smallest absolute Gasteiger partial charge is 0.235 e. The SMILES string of the molecule is Bc1ccc2c(c1)c1ccccc1n2-c1nc(-c2ccccc2)c2ccccc2n1. The Morgan fingerprint density at radius 3 is 2.17 bits per heavy atom. The zero-order chi connectivity index (χ0) is 20.1. The van der Waals surface area contributed by atoms with Crippen LogP contribution in [0.3, 0.4) is 0 Å². The average molecular weight is 383 g/mol. The molecule has 4 aromatic carbocycles. The van der Waals surface area contributed by atoms with Crippen LogP contribution in [-0.2, 0) is 0 Å². The molecule has 4 heteroatoms. The molecule has 6 aromatic rings. The number of para-hydroxylation sites is 2. The summed E-state index contributed by atoms with van der Waals surface area (Å²) in [5.74, 6) is 0.697. The fourth-order valence-electron chi connectivity index (χ4n) is 4.28. The Kier molecular flexibility index (Phi) is 3.72. The van der Waals surface area contributed by atoms with Gasteiger partial charge < -0.3 is 0 Å². The molecule has 0 unspecified atom stereocenters. The molecule has 0 aliphatic heterocycles. The molecule has 0 saturated carbocycles. The van der Waals surface area contributed by atoms with E-state index in [4.69, 9.17) is 9.97 Å². The van der Waals surface area contributed by atoms with E-state index in [1.807, 2.05) is 18.2 Å². The Bertz CT molecular complexity index is 1550. The third-order valence-electron chi connectivity index (χ3n) is 5.67. The van der Waals surface area contributed by atoms with Crippen LogP contribution in [0.1, 0.15) is 0 Å². The van der Waals surface area contributed by atoms with E-state index in [0.717, 1.165) is 33.2 Å². The fourth-order valence-corrected chi connectivity index (χ4v) is 4.28. The first-order chi connectivity index (χ1) is 14.8. The normalized spacial score (nSPS) is 11.5. The van der Waals surface area contributed by atoms with Crippen LogP contribution >= 0.6 is 0 Å². The molecule has 0 amide bonds. The van der Waals surface area contributed by atoms with Gasteiger partial charge in [-0.05, 0) is 18.2 Å². The topological polar surface area (TPSA) is 30.7 Å². The van der Waals surface area contributed by atoms with Crippen molar-refractivity contribution in [2.45, 2.75) is 0 Å². The van der Waals surface area contributed by atoms with Gasteiger partial charge in [0.05, 0.1) is 22.2 Å². The molecule has 0 atom stereocenters. The minimum absolute atomic E-state index is 0.697. The molecule has 0 aliphatic carbocycles. The summed E-state index contributed by atoms with van der Waals surface area (Å²) in [6, 6.07) is 33.6. The van der Waals surface area contributed by atoms with Crippen LogP contribution in [0.15, 0.2) is 97.1 Å². The summed E-state index contributed by atoms with van der Waals surface area (Å²) in [6.45, 7) is 0. The zero-order valence-corrected chi connectivity index (χ0v) is 16.6. The largest absolute Gasteiger partial charge is 0.278 e. The van der Waals surface area contributed by atoms with Gasteiger partial charge >= 0.3 is 0 Å². The average Bonchev–Trinajstić information content (AvgIpc) is 3.12. The minimum atomic E-state index is 0.697. The van der Waals surface area contributed by atoms with Gasteiger partial charge in [-0.25, -0.2) is 9.97 Å². The van der Waals surface area contributed by atoms with Crippen LogP contribution in [0.5, 0.6) is 0 Å². The van der Waals surface area contributed by atoms with Gasteiger partial charge in [0, 0.05) is 21.7 Å². The second-order valence-electron chi connectivity index (χ2n) is 7.63. The monoisotopic (exact) mass is 383 g/mol. The lowest BCUT2D eigenvalue weighted by Gasteiger charge is -2.11. The van der Waals surface area contributed by atoms with Gasteiger partial charge in [-0.3, -0.25) is 4.57 Å². The number of fused-ring (bicyclic) bond motifs is 4. The van der Waals surface area contributed by atoms with E-state index in [1.165, 1.54) is 16.2 Å². The standard InChI is InChI=1S/C26H18BN3/c27-18-14-15-24-21(16-18)19-10-5-7-13-23(19)30(24)26-28-22-12-6-4-11-20(22)25(29-26)17-8-2-1-3-9-17/h1-16H,27H2. The van der Waals surface area contributed by atoms with Crippen molar-refractivity contribution in [3.05, 3.63) is 97.1 Å². The predicted octanol–water partition coefficient (Wildman–Crippen LogP) is 4.65. The Morgan fingerprint density at radius 2 is 1.30 bits per heavy atom. The Morgan fingerprint density at radius 1 is 0.600 bits per heavy atom. The lowest BCUT2D eigenvalue weighted by molar-refractivity contribution is 1.01. The molecule has 0 N–H and O–H groups in total. The van der Waals surface area contributed by atoms with Crippen LogP contribution in [0.2, 0.25) is 0 Å². The molecule has 0 bridgehead atoms. The molecule has 0 radical (unpaired) electrons. The maximum absolute atomic E-state index is 5.09. The summed E-state index contributed by atoms with van der Waals surface area (Å²) in [5, 5.41) is 3.50. The second-order valence-corrected chi connectivity index (χ2v) is 7.63. The van der Waals surface area contributed by atoms with Crippen molar-refractivity contribution < 1.29 is 0 Å². The van der Waals surface area contributed by atoms with Crippen molar-refractivity contribution in [2.75, 3.05) is 0 Å². The molecule has 0 aliphatic rings. The quantitative estimate of drug-likeness (QED) is 0.408. The van der Waals surface area contributed by atoms with Crippen molar-refractivity contribution in [2.24, 2.45) is 0 Å². The maximum atomic E-state index is 5.09. The van der Waals surface area contributed by atoms with E-state index in [2.05, 4.69) is 91.3 Å². The number of rotatable bonds is 2. The number of benzene rings is 4. The van der Waals surface area contributed by atoms with Gasteiger partial charge in [0.1, 0.15) is 7.85 Å². The highest BCUT2D eigenvalue weighted by atomic mass is 15.2. The van der Waals surface area contributed by atoms with Crippen LogP contribution in [0.4, 0.5) is 0 Å². The first-order valence-corrected chi connectivity index (χ1v) is 10.1. The number of aromatic nitrogens is 3. The number of hydrogen-bond donors (Lipinski definition) is 0. The molecular formula is C26H18BN3. The summed E-state index contributed by atoms with van der Waals surface area (Å²) >= 11 is 0. The third-order valence-corrected chi connectivity index (χ3v) is 5.67. The van der Waals surface area contributed by atoms with Crippen molar-refractivity contribution >= 4 is 46.0 Å². The first-order valence-electron chi connectivity index (χ1n) is 10.1. The van der Waals surface area contributed by atoms with Crippen LogP contribution in [-0.4, -0.2) is 22.4 Å². The molecule has 0 spiro atoms. The van der Waals surface area contributed by atoms with Crippen molar-refractivity contribution in [1.29, 1.82) is 0 Å². The zero-order valence-electron chi connectivity index (χ0n) is 16.6. The predicted molar refractivity (Wildman–Crippen MR) is 127 cm³/mol. The summed E-state index contributed by atoms with van der Waals surface area (Å²) in [4.78, 5) is 10.1. The minimum Gasteiger partial charge on any atom is -0.278 e. The molecule has 140 valence electrons. The third kappa shape index (κ3) is 2.54. The van der Waals surface area contributed by atoms with E-state index in [1.54, 1.807) is 0 Å². The summed E-state index contributed by atoms with van der Waals surface area (Å²) < 4.78 is 2.18. The highest BCUT2D eigenvalue weighted by Gasteiger charge is 2.16. The van der Waals surface area contributed by atoms with Crippen LogP contribution in [0, 0.1) is 0 Å². The molecule has 30 heavy (non-hydrogen) atoms. The molecule has 6 rings (SSSR count). The lowest BCUT2D eigenvalue weighted by atomic mass is 9.94. The number of nitrogens with zero attached hydrogens (tertiary/aromatic N) is 3. The summed E-state index contributed by atoms with van der Waals surface area (Å²) in [6.07, 6.45) is 0. The van der Waals surface area contributed by atoms with Gasteiger partial charge in [0.25, 0.3) is 0 Å². The number of hydrogen-bond acceptors (Lipinski definition) is 2. The highest BCUT2D eigenvalue weighted by molar-refractivity contribution is 6.33. The van der Waals surface area contributed by atoms with E-state index in [0.29, 0.717) is 5.95 Å². The van der Waals surface area contributed by atoms with E-state index in [-0.39, 0.29) is 0 Å². The second kappa shape index (κ2) is 6.56. The van der Waals surface area contributed by atoms with Crippen molar-refractivity contribution in [3.8, 4) is 17.2 Å². The molecular weight excluding hydrogens is 365 g/mol. The van der Waals surface area contributed by atoms with Crippen molar-refractivity contribution in [1.82, 2.24) is 14.5 Å². The van der Waals surface area contributed by atoms with Gasteiger partial charge in [0.2, 0.25) is 5.95 Å². The van der Waals surface area contributed by atoms with E-state index in [9.17, 15) is 0 Å². The molecule has 2 heterocycles. The van der Waals surface area contributed by atoms with Gasteiger partial charge in [-0.2, -0.15) is 0 Å². The van der Waals surface area contributed by atoms with Crippen LogP contribution < -0.4 is 5.46 Å². The molecule has 2 aromatic heterocycles. The van der Waals surface area contributed by atoms with E-state index < -0.39 is 0 Å². The Hall–Kier alpha value is -3.92.